The summed E-state index contributed by atoms with van der Waals surface area (Å²) in [7, 11) is 1.81. The zero-order chi connectivity index (χ0) is 24.4. The summed E-state index contributed by atoms with van der Waals surface area (Å²) in [5.41, 5.74) is 4.07. The van der Waals surface area contributed by atoms with Gasteiger partial charge in [-0.05, 0) is 0 Å². The third-order valence-corrected chi connectivity index (χ3v) is 7.58. The second-order valence-electron chi connectivity index (χ2n) is 7.66. The zero-order valence-electron chi connectivity index (χ0n) is 18.4. The number of nitriles is 1. The molecule has 167 valence electrons. The Kier molecular flexibility index (Phi) is 6.36. The third kappa shape index (κ3) is 4.50. The Bertz CT molecular complexity index is 1510. The van der Waals surface area contributed by atoms with Gasteiger partial charge in [-0.15, -0.1) is 0 Å². The molecule has 0 spiro atoms. The standard InChI is InChI=1S/C26H19AsN3O4/c1-15(31)29-19-7-3-5-17(12-19)20-8-4-6-18-13-23(30(2)24(18)20)25(32)27-22-10-9-16(14-28)11-21(22)26(33)34/h3-13H,1-2H3,(H,29,31)(H,33,34). The van der Waals surface area contributed by atoms with E-state index in [0.717, 1.165) is 22.0 Å². The van der Waals surface area contributed by atoms with E-state index < -0.39 is 21.7 Å². The number of carbonyl (C=O) groups is 3. The Balaban J connectivity index is 1.75. The van der Waals surface area contributed by atoms with E-state index in [9.17, 15) is 19.5 Å². The number of carboxylic acids is 1. The van der Waals surface area contributed by atoms with Crippen molar-refractivity contribution in [1.82, 2.24) is 4.57 Å². The molecule has 0 aliphatic heterocycles. The van der Waals surface area contributed by atoms with Crippen LogP contribution < -0.4 is 9.67 Å². The fraction of sp³-hybridized carbons (Fsp3) is 0.0769. The van der Waals surface area contributed by atoms with Crippen LogP contribution in [0.5, 0.6) is 0 Å². The first-order chi connectivity index (χ1) is 16.3. The minimum absolute atomic E-state index is 0.0124. The molecule has 34 heavy (non-hydrogen) atoms. The number of hydrogen-bond donors (Lipinski definition) is 2. The Labute approximate surface area is 202 Å². The van der Waals surface area contributed by atoms with Crippen molar-refractivity contribution in [2.45, 2.75) is 6.92 Å². The van der Waals surface area contributed by atoms with Crippen molar-refractivity contribution in [2.75, 3.05) is 5.32 Å². The second kappa shape index (κ2) is 9.38. The zero-order valence-corrected chi connectivity index (χ0v) is 20.2. The predicted molar refractivity (Wildman–Crippen MR) is 130 cm³/mol. The molecule has 0 aliphatic carbocycles. The van der Waals surface area contributed by atoms with Crippen LogP contribution in [0, 0.1) is 11.3 Å². The predicted octanol–water partition coefficient (Wildman–Crippen LogP) is 3.54. The number of aryl methyl sites for hydroxylation is 1. The number of hydrogen-bond acceptors (Lipinski definition) is 4. The van der Waals surface area contributed by atoms with Crippen LogP contribution in [-0.2, 0) is 11.8 Å². The molecule has 4 aromatic rings. The summed E-state index contributed by atoms with van der Waals surface area (Å²) in [5.74, 6) is -1.32. The number of nitrogens with zero attached hydrogens (tertiary/aromatic N) is 2. The van der Waals surface area contributed by atoms with E-state index in [2.05, 4.69) is 5.32 Å². The molecule has 3 aromatic carbocycles. The monoisotopic (exact) mass is 512 g/mol. The molecule has 0 aliphatic rings. The third-order valence-electron chi connectivity index (χ3n) is 5.35. The fourth-order valence-electron chi connectivity index (χ4n) is 3.86. The molecule has 8 heteroatoms. The summed E-state index contributed by atoms with van der Waals surface area (Å²) >= 11 is -1.14. The van der Waals surface area contributed by atoms with Crippen molar-refractivity contribution in [1.29, 1.82) is 5.26 Å². The molecular formula is C26H19AsN3O4. The Morgan fingerprint density at radius 3 is 2.50 bits per heavy atom. The summed E-state index contributed by atoms with van der Waals surface area (Å²) in [6, 6.07) is 21.4. The number of nitrogens with one attached hydrogen (secondary N) is 1. The average molecular weight is 512 g/mol. The number of benzene rings is 3. The van der Waals surface area contributed by atoms with Crippen molar-refractivity contribution in [3.63, 3.8) is 0 Å². The van der Waals surface area contributed by atoms with Crippen LogP contribution in [0.3, 0.4) is 0 Å². The topological polar surface area (TPSA) is 112 Å². The van der Waals surface area contributed by atoms with Gasteiger partial charge in [-0.3, -0.25) is 0 Å². The Hall–Kier alpha value is -4.14. The molecule has 0 unspecified atom stereocenters. The second-order valence-corrected chi connectivity index (χ2v) is 9.99. The van der Waals surface area contributed by atoms with Crippen LogP contribution in [0.1, 0.15) is 33.3 Å². The maximum absolute atomic E-state index is 13.3. The molecule has 0 saturated carbocycles. The van der Waals surface area contributed by atoms with Crippen LogP contribution in [0.15, 0.2) is 66.7 Å². The van der Waals surface area contributed by atoms with E-state index in [1.807, 2.05) is 66.2 Å². The molecule has 0 saturated heterocycles. The molecule has 7 nitrogen and oxygen atoms in total. The van der Waals surface area contributed by atoms with Gasteiger partial charge in [0.1, 0.15) is 0 Å². The van der Waals surface area contributed by atoms with Crippen LogP contribution in [0.25, 0.3) is 22.0 Å². The number of rotatable bonds is 6. The van der Waals surface area contributed by atoms with Crippen molar-refractivity contribution >= 4 is 53.1 Å². The van der Waals surface area contributed by atoms with Gasteiger partial charge in [-0.25, -0.2) is 0 Å². The van der Waals surface area contributed by atoms with Gasteiger partial charge in [0.25, 0.3) is 0 Å². The number of carboxylic acid groups (broad SMARTS) is 1. The first-order valence-electron chi connectivity index (χ1n) is 10.3. The van der Waals surface area contributed by atoms with Gasteiger partial charge < -0.3 is 0 Å². The molecule has 0 fully saturated rings. The number of anilines is 1. The van der Waals surface area contributed by atoms with Crippen molar-refractivity contribution in [2.24, 2.45) is 7.05 Å². The molecule has 1 heterocycles. The van der Waals surface area contributed by atoms with E-state index in [1.54, 1.807) is 6.07 Å². The number of aromatic nitrogens is 1. The fourth-order valence-corrected chi connectivity index (χ4v) is 5.91. The molecule has 0 atom stereocenters. The van der Waals surface area contributed by atoms with E-state index >= 15 is 0 Å². The summed E-state index contributed by atoms with van der Waals surface area (Å²) in [6.07, 6.45) is 0. The van der Waals surface area contributed by atoms with Gasteiger partial charge in [0.2, 0.25) is 0 Å². The summed E-state index contributed by atoms with van der Waals surface area (Å²) in [5, 5.41) is 22.3. The van der Waals surface area contributed by atoms with Crippen molar-refractivity contribution in [3.05, 3.63) is 83.6 Å². The maximum atomic E-state index is 13.3. The van der Waals surface area contributed by atoms with Crippen LogP contribution in [0.4, 0.5) is 5.69 Å². The number of para-hydroxylation sites is 1. The van der Waals surface area contributed by atoms with Gasteiger partial charge in [-0.2, -0.15) is 0 Å². The molecule has 4 rings (SSSR count). The molecule has 1 aromatic heterocycles. The van der Waals surface area contributed by atoms with Crippen LogP contribution in [0.2, 0.25) is 0 Å². The van der Waals surface area contributed by atoms with E-state index in [1.165, 1.54) is 19.1 Å². The number of carbonyl (C=O) groups excluding carboxylic acids is 2. The van der Waals surface area contributed by atoms with Gasteiger partial charge >= 0.3 is 202 Å². The van der Waals surface area contributed by atoms with Crippen molar-refractivity contribution in [3.8, 4) is 17.2 Å². The van der Waals surface area contributed by atoms with Crippen LogP contribution >= 0.6 is 0 Å². The number of amides is 1. The molecule has 1 radical (unpaired) electrons. The number of fused-ring (bicyclic) bond motifs is 1. The average Bonchev–Trinajstić information content (AvgIpc) is 3.15. The number of aromatic carboxylic acids is 1. The van der Waals surface area contributed by atoms with Gasteiger partial charge in [0, 0.05) is 0 Å². The quantitative estimate of drug-likeness (QED) is 0.384. The first-order valence-corrected chi connectivity index (χ1v) is 12.2. The molecule has 1 amide bonds. The van der Waals surface area contributed by atoms with Crippen molar-refractivity contribution < 1.29 is 19.5 Å². The first kappa shape index (κ1) is 23.0. The minimum atomic E-state index is -1.16. The normalized spacial score (nSPS) is 11.0. The molecule has 2 N–H and O–H groups in total. The summed E-state index contributed by atoms with van der Waals surface area (Å²) in [6.45, 7) is 1.45. The molecular weight excluding hydrogens is 493 g/mol. The van der Waals surface area contributed by atoms with E-state index in [4.69, 9.17) is 5.26 Å². The Morgan fingerprint density at radius 1 is 1.03 bits per heavy atom. The summed E-state index contributed by atoms with van der Waals surface area (Å²) < 4.78 is 2.14. The van der Waals surface area contributed by atoms with Gasteiger partial charge in [-0.1, -0.05) is 0 Å². The van der Waals surface area contributed by atoms with Gasteiger partial charge in [0.05, 0.1) is 0 Å². The Morgan fingerprint density at radius 2 is 1.79 bits per heavy atom. The van der Waals surface area contributed by atoms with Crippen LogP contribution in [-0.4, -0.2) is 41.9 Å². The van der Waals surface area contributed by atoms with E-state index in [0.29, 0.717) is 15.7 Å². The van der Waals surface area contributed by atoms with Gasteiger partial charge in [0.15, 0.2) is 0 Å². The molecule has 0 bridgehead atoms. The SMILES string of the molecule is CC(=O)Nc1cccc(-c2cccc3cc(C(=O)[As]c4ccc(C#N)cc4C(=O)O)n(C)c23)c1. The summed E-state index contributed by atoms with van der Waals surface area (Å²) in [4.78, 5) is 36.4. The van der Waals surface area contributed by atoms with E-state index in [-0.39, 0.29) is 21.6 Å².